The third-order valence-electron chi connectivity index (χ3n) is 5.66. The Labute approximate surface area is 253 Å². The summed E-state index contributed by atoms with van der Waals surface area (Å²) in [4.78, 5) is 42.7. The first-order valence-corrected chi connectivity index (χ1v) is 15.8. The number of pyridine rings is 1. The molecule has 0 spiro atoms. The summed E-state index contributed by atoms with van der Waals surface area (Å²) >= 11 is 7.56. The summed E-state index contributed by atoms with van der Waals surface area (Å²) in [5.41, 5.74) is -2.44. The molecule has 0 radical (unpaired) electrons. The molecule has 3 rings (SSSR count). The van der Waals surface area contributed by atoms with E-state index in [0.29, 0.717) is 21.7 Å². The fourth-order valence-corrected chi connectivity index (χ4v) is 6.30. The highest BCUT2D eigenvalue weighted by atomic mass is 35.5. The quantitative estimate of drug-likeness (QED) is 0.133. The maximum atomic E-state index is 14.5. The number of nitrogens with one attached hydrogen (secondary N) is 1. The van der Waals surface area contributed by atoms with Crippen LogP contribution in [0.3, 0.4) is 0 Å². The molecule has 0 aliphatic rings. The molecule has 42 heavy (non-hydrogen) atoms. The molecule has 0 bridgehead atoms. The van der Waals surface area contributed by atoms with Crippen molar-refractivity contribution >= 4 is 64.5 Å². The Kier molecular flexibility index (Phi) is 11.1. The van der Waals surface area contributed by atoms with Crippen LogP contribution in [0.4, 0.5) is 0 Å². The van der Waals surface area contributed by atoms with Crippen molar-refractivity contribution in [2.45, 2.75) is 47.2 Å². The van der Waals surface area contributed by atoms with E-state index in [4.69, 9.17) is 30.1 Å². The van der Waals surface area contributed by atoms with Gasteiger partial charge >= 0.3 is 19.5 Å². The second-order valence-electron chi connectivity index (χ2n) is 11.2. The van der Waals surface area contributed by atoms with Crippen LogP contribution in [0.15, 0.2) is 54.2 Å². The zero-order valence-corrected chi connectivity index (χ0v) is 26.7. The average Bonchev–Trinajstić information content (AvgIpc) is 3.30. The first kappa shape index (κ1) is 33.4. The van der Waals surface area contributed by atoms with Crippen LogP contribution in [0.5, 0.6) is 0 Å². The Morgan fingerprint density at radius 3 is 2.17 bits per heavy atom. The maximum absolute atomic E-state index is 14.5. The van der Waals surface area contributed by atoms with Gasteiger partial charge in [0.25, 0.3) is 0 Å². The van der Waals surface area contributed by atoms with E-state index in [-0.39, 0.29) is 0 Å². The number of fused-ring (bicyclic) bond motifs is 1. The summed E-state index contributed by atoms with van der Waals surface area (Å²) in [5.74, 6) is -2.00. The normalized spacial score (nSPS) is 13.2. The van der Waals surface area contributed by atoms with Crippen molar-refractivity contribution in [3.8, 4) is 0 Å². The Morgan fingerprint density at radius 2 is 1.62 bits per heavy atom. The molecule has 1 unspecified atom stereocenters. The fraction of sp³-hybridized carbons (Fsp3) is 0.379. The number of amides is 1. The van der Waals surface area contributed by atoms with Crippen molar-refractivity contribution < 1.29 is 37.5 Å². The number of hydrogen-bond acceptors (Lipinski definition) is 10. The van der Waals surface area contributed by atoms with Gasteiger partial charge in [0.15, 0.2) is 5.66 Å². The number of nitrogens with zero attached hydrogens (tertiary/aromatic N) is 1. The number of carbonyl (C=O) groups is 3. The number of halogens is 1. The topological polar surface area (TPSA) is 130 Å². The van der Waals surface area contributed by atoms with Crippen molar-refractivity contribution in [3.05, 3.63) is 70.5 Å². The van der Waals surface area contributed by atoms with Crippen molar-refractivity contribution in [2.75, 3.05) is 13.6 Å². The minimum atomic E-state index is -4.58. The molecule has 0 aliphatic heterocycles. The summed E-state index contributed by atoms with van der Waals surface area (Å²) < 4.78 is 36.8. The molecule has 0 aliphatic carbocycles. The van der Waals surface area contributed by atoms with E-state index in [2.05, 4.69) is 10.3 Å². The van der Waals surface area contributed by atoms with Crippen molar-refractivity contribution in [2.24, 2.45) is 10.8 Å². The minimum absolute atomic E-state index is 0.300. The molecule has 226 valence electrons. The molecular formula is C29H34ClN2O8PS. The van der Waals surface area contributed by atoms with E-state index in [1.807, 2.05) is 0 Å². The lowest BCUT2D eigenvalue weighted by Gasteiger charge is -2.27. The summed E-state index contributed by atoms with van der Waals surface area (Å²) in [5, 5.41) is 5.21. The number of esters is 2. The molecule has 13 heteroatoms. The van der Waals surface area contributed by atoms with E-state index in [9.17, 15) is 18.9 Å². The molecule has 10 nitrogen and oxygen atoms in total. The highest BCUT2D eigenvalue weighted by Crippen LogP contribution is 2.62. The van der Waals surface area contributed by atoms with Gasteiger partial charge in [-0.05, 0) is 94.3 Å². The second kappa shape index (κ2) is 13.9. The Morgan fingerprint density at radius 1 is 1.00 bits per heavy atom. The first-order valence-electron chi connectivity index (χ1n) is 12.9. The highest BCUT2D eigenvalue weighted by molar-refractivity contribution is 7.55. The van der Waals surface area contributed by atoms with Crippen LogP contribution < -0.4 is 5.32 Å². The summed E-state index contributed by atoms with van der Waals surface area (Å²) in [6.07, 6.45) is 4.50. The van der Waals surface area contributed by atoms with Crippen LogP contribution in [-0.4, -0.2) is 36.4 Å². The van der Waals surface area contributed by atoms with Crippen LogP contribution in [0, 0.1) is 10.8 Å². The molecule has 1 aromatic carbocycles. The number of ether oxygens (including phenoxy) is 2. The van der Waals surface area contributed by atoms with Gasteiger partial charge in [-0.2, -0.15) is 0 Å². The molecule has 1 atom stereocenters. The Hall–Kier alpha value is -3.08. The molecule has 2 aromatic heterocycles. The predicted molar refractivity (Wildman–Crippen MR) is 162 cm³/mol. The molecular weight excluding hydrogens is 603 g/mol. The van der Waals surface area contributed by atoms with Crippen LogP contribution >= 0.6 is 30.5 Å². The number of benzene rings is 1. The molecule has 0 fully saturated rings. The lowest BCUT2D eigenvalue weighted by molar-refractivity contribution is -0.162. The fourth-order valence-electron chi connectivity index (χ4n) is 3.38. The van der Waals surface area contributed by atoms with Gasteiger partial charge in [0.05, 0.1) is 16.5 Å². The third-order valence-corrected chi connectivity index (χ3v) is 8.95. The lowest BCUT2D eigenvalue weighted by atomic mass is 9.98. The number of thiophene rings is 1. The van der Waals surface area contributed by atoms with Crippen molar-refractivity contribution in [1.82, 2.24) is 10.3 Å². The molecule has 3 aromatic rings. The minimum Gasteiger partial charge on any atom is -0.438 e. The van der Waals surface area contributed by atoms with E-state index in [1.165, 1.54) is 17.5 Å². The van der Waals surface area contributed by atoms with Gasteiger partial charge in [-0.3, -0.25) is 33.0 Å². The number of hydrogen-bond donors (Lipinski definition) is 1. The Bertz CT molecular complexity index is 1460. The summed E-state index contributed by atoms with van der Waals surface area (Å²) in [7, 11) is -4.58. The molecule has 2 heterocycles. The van der Waals surface area contributed by atoms with Crippen molar-refractivity contribution in [1.29, 1.82) is 0 Å². The number of aromatic nitrogens is 1. The zero-order chi connectivity index (χ0) is 31.1. The van der Waals surface area contributed by atoms with Gasteiger partial charge in [0.2, 0.25) is 19.5 Å². The largest absolute Gasteiger partial charge is 0.438 e. The van der Waals surface area contributed by atoms with Crippen molar-refractivity contribution in [3.63, 3.8) is 0 Å². The SMILES string of the molecule is CC(C)(C)C(=O)OCOP(=O)(OCOC(=O)C(C)(C)C)C(C(=O)NC=Cc1ccccn1)c1csc2ccc(Cl)cc12. The molecule has 1 amide bonds. The summed E-state index contributed by atoms with van der Waals surface area (Å²) in [6.45, 7) is 8.29. The molecule has 1 N–H and O–H groups in total. The monoisotopic (exact) mass is 636 g/mol. The second-order valence-corrected chi connectivity index (χ2v) is 14.7. The van der Waals surface area contributed by atoms with Crippen LogP contribution in [0.1, 0.15) is 58.5 Å². The van der Waals surface area contributed by atoms with Gasteiger partial charge in [0.1, 0.15) is 0 Å². The van der Waals surface area contributed by atoms with Crippen LogP contribution in [0.25, 0.3) is 16.2 Å². The maximum Gasteiger partial charge on any atom is 0.353 e. The van der Waals surface area contributed by atoms with Gasteiger partial charge in [-0.1, -0.05) is 17.7 Å². The zero-order valence-electron chi connectivity index (χ0n) is 24.2. The van der Waals surface area contributed by atoms with Crippen LogP contribution in [0.2, 0.25) is 5.02 Å². The average molecular weight is 637 g/mol. The molecule has 0 saturated carbocycles. The highest BCUT2D eigenvalue weighted by Gasteiger charge is 2.45. The first-order chi connectivity index (χ1) is 19.6. The predicted octanol–water partition coefficient (Wildman–Crippen LogP) is 7.10. The van der Waals surface area contributed by atoms with E-state index in [0.717, 1.165) is 4.70 Å². The summed E-state index contributed by atoms with van der Waals surface area (Å²) in [6, 6.07) is 10.4. The Balaban J connectivity index is 2.01. The lowest BCUT2D eigenvalue weighted by Crippen LogP contribution is -2.29. The van der Waals surface area contributed by atoms with Gasteiger partial charge < -0.3 is 14.8 Å². The van der Waals surface area contributed by atoms with Crippen LogP contribution in [-0.2, 0) is 37.5 Å². The van der Waals surface area contributed by atoms with E-state index in [1.54, 1.807) is 95.6 Å². The van der Waals surface area contributed by atoms with Gasteiger partial charge in [-0.25, -0.2) is 0 Å². The van der Waals surface area contributed by atoms with E-state index >= 15 is 0 Å². The van der Waals surface area contributed by atoms with Gasteiger partial charge in [0, 0.05) is 22.1 Å². The standard InChI is InChI=1S/C29H34ClN2O8PS/c1-28(2,3)26(34)37-17-39-41(36,40-18-38-27(35)29(4,5)6)24(22-16-42-23-11-10-19(30)15-21(22)23)25(33)32-14-12-20-9-7-8-13-31-20/h7-16,24H,17-18H2,1-6H3,(H,32,33). The molecule has 0 saturated heterocycles. The smallest absolute Gasteiger partial charge is 0.353 e. The van der Waals surface area contributed by atoms with Gasteiger partial charge in [-0.15, -0.1) is 11.3 Å². The number of rotatable bonds is 11. The van der Waals surface area contributed by atoms with E-state index < -0.39 is 55.5 Å². The third kappa shape index (κ3) is 8.96. The number of carbonyl (C=O) groups excluding carboxylic acids is 3.